The van der Waals surface area contributed by atoms with Crippen LogP contribution in [0.15, 0.2) is 48.5 Å². The summed E-state index contributed by atoms with van der Waals surface area (Å²) in [4.78, 5) is 12.1. The third-order valence-electron chi connectivity index (χ3n) is 2.63. The first kappa shape index (κ1) is 18.1. The second kappa shape index (κ2) is 9.96. The molecule has 2 aromatic rings. The Morgan fingerprint density at radius 3 is 1.10 bits per heavy atom. The number of aryl methyl sites for hydroxylation is 2. The lowest BCUT2D eigenvalue weighted by molar-refractivity contribution is 0.103. The Balaban J connectivity index is 0.000000829. The largest absolute Gasteiger partial charge is 0.289 e. The minimum Gasteiger partial charge on any atom is -0.289 e. The van der Waals surface area contributed by atoms with E-state index in [4.69, 9.17) is 0 Å². The zero-order chi connectivity index (χ0) is 15.5. The highest BCUT2D eigenvalue weighted by atomic mass is 16.1. The molecule has 0 aromatic heterocycles. The second-order valence-corrected chi connectivity index (χ2v) is 4.06. The van der Waals surface area contributed by atoms with Gasteiger partial charge in [-0.15, -0.1) is 0 Å². The van der Waals surface area contributed by atoms with Gasteiger partial charge in [-0.1, -0.05) is 87.4 Å². The summed E-state index contributed by atoms with van der Waals surface area (Å²) in [5, 5.41) is 0. The van der Waals surface area contributed by atoms with Crippen molar-refractivity contribution in [2.45, 2.75) is 41.5 Å². The predicted octanol–water partition coefficient (Wildman–Crippen LogP) is 5.59. The highest BCUT2D eigenvalue weighted by Crippen LogP contribution is 2.11. The minimum atomic E-state index is 0.0833. The third-order valence-corrected chi connectivity index (χ3v) is 2.63. The summed E-state index contributed by atoms with van der Waals surface area (Å²) in [6.45, 7) is 12.0. The first-order chi connectivity index (χ1) is 9.66. The van der Waals surface area contributed by atoms with Crippen LogP contribution in [-0.2, 0) is 0 Å². The number of carbonyl (C=O) groups excluding carboxylic acids is 1. The summed E-state index contributed by atoms with van der Waals surface area (Å²) in [5.74, 6) is 0.0833. The van der Waals surface area contributed by atoms with Crippen molar-refractivity contribution < 1.29 is 4.79 Å². The van der Waals surface area contributed by atoms with Crippen LogP contribution >= 0.6 is 0 Å². The van der Waals surface area contributed by atoms with E-state index >= 15 is 0 Å². The summed E-state index contributed by atoms with van der Waals surface area (Å²) in [6.07, 6.45) is 0. The van der Waals surface area contributed by atoms with Crippen LogP contribution in [0.3, 0.4) is 0 Å². The number of rotatable bonds is 2. The molecule has 1 nitrogen and oxygen atoms in total. The van der Waals surface area contributed by atoms with E-state index in [0.717, 1.165) is 11.1 Å². The van der Waals surface area contributed by atoms with E-state index in [1.54, 1.807) is 0 Å². The number of benzene rings is 2. The quantitative estimate of drug-likeness (QED) is 0.650. The molecule has 0 atom stereocenters. The molecule has 0 radical (unpaired) electrons. The molecule has 0 aliphatic heterocycles. The van der Waals surface area contributed by atoms with Crippen LogP contribution in [0.25, 0.3) is 0 Å². The molecule has 108 valence electrons. The topological polar surface area (TPSA) is 17.1 Å². The summed E-state index contributed by atoms with van der Waals surface area (Å²) in [5.41, 5.74) is 3.82. The molecule has 20 heavy (non-hydrogen) atoms. The van der Waals surface area contributed by atoms with Gasteiger partial charge >= 0.3 is 0 Å². The number of ketones is 1. The Morgan fingerprint density at radius 1 is 0.600 bits per heavy atom. The van der Waals surface area contributed by atoms with Crippen LogP contribution in [0.5, 0.6) is 0 Å². The van der Waals surface area contributed by atoms with Gasteiger partial charge in [-0.05, 0) is 13.8 Å². The van der Waals surface area contributed by atoms with E-state index in [2.05, 4.69) is 0 Å². The monoisotopic (exact) mass is 270 g/mol. The number of hydrogen-bond donors (Lipinski definition) is 0. The van der Waals surface area contributed by atoms with Gasteiger partial charge in [-0.2, -0.15) is 0 Å². The van der Waals surface area contributed by atoms with Crippen LogP contribution in [-0.4, -0.2) is 5.78 Å². The van der Waals surface area contributed by atoms with E-state index < -0.39 is 0 Å². The van der Waals surface area contributed by atoms with E-state index in [-0.39, 0.29) is 5.78 Å². The molecular weight excluding hydrogens is 244 g/mol. The predicted molar refractivity (Wildman–Crippen MR) is 88.5 cm³/mol. The minimum absolute atomic E-state index is 0.0833. The normalized spacial score (nSPS) is 8.70. The summed E-state index contributed by atoms with van der Waals surface area (Å²) < 4.78 is 0. The molecule has 1 heteroatoms. The van der Waals surface area contributed by atoms with Gasteiger partial charge in [-0.3, -0.25) is 4.79 Å². The average Bonchev–Trinajstić information content (AvgIpc) is 2.52. The van der Waals surface area contributed by atoms with Crippen LogP contribution in [0.4, 0.5) is 0 Å². The first-order valence-electron chi connectivity index (χ1n) is 7.35. The van der Waals surface area contributed by atoms with E-state index in [1.807, 2.05) is 90.1 Å². The van der Waals surface area contributed by atoms with Gasteiger partial charge in [0.15, 0.2) is 5.78 Å². The van der Waals surface area contributed by atoms with Crippen molar-refractivity contribution in [3.63, 3.8) is 0 Å². The number of carbonyl (C=O) groups is 1. The molecule has 0 spiro atoms. The molecule has 0 aliphatic carbocycles. The second-order valence-electron chi connectivity index (χ2n) is 4.06. The van der Waals surface area contributed by atoms with Gasteiger partial charge in [0.25, 0.3) is 0 Å². The number of hydrogen-bond acceptors (Lipinski definition) is 1. The van der Waals surface area contributed by atoms with Crippen molar-refractivity contribution in [1.29, 1.82) is 0 Å². The van der Waals surface area contributed by atoms with Crippen molar-refractivity contribution in [3.05, 3.63) is 70.8 Å². The van der Waals surface area contributed by atoms with Gasteiger partial charge in [0.05, 0.1) is 0 Å². The Hall–Kier alpha value is -1.89. The lowest BCUT2D eigenvalue weighted by Crippen LogP contribution is -2.00. The maximum absolute atomic E-state index is 12.1. The van der Waals surface area contributed by atoms with Gasteiger partial charge in [-0.25, -0.2) is 0 Å². The SMILES string of the molecule is CC.CC.Cc1ccc(C(=O)c2ccc(C)cc2)cc1. The standard InChI is InChI=1S/C15H14O.2C2H6/c1-11-3-7-13(8-4-11)15(16)14-9-5-12(2)6-10-14;2*1-2/h3-10H,1-2H3;2*1-2H3. The lowest BCUT2D eigenvalue weighted by Gasteiger charge is -2.02. The Morgan fingerprint density at radius 2 is 0.850 bits per heavy atom. The van der Waals surface area contributed by atoms with Gasteiger partial charge in [0, 0.05) is 11.1 Å². The van der Waals surface area contributed by atoms with Crippen LogP contribution < -0.4 is 0 Å². The fraction of sp³-hybridized carbons (Fsp3) is 0.316. The average molecular weight is 270 g/mol. The summed E-state index contributed by atoms with van der Waals surface area (Å²) >= 11 is 0. The van der Waals surface area contributed by atoms with Crippen molar-refractivity contribution in [2.75, 3.05) is 0 Å². The summed E-state index contributed by atoms with van der Waals surface area (Å²) in [6, 6.07) is 15.3. The molecular formula is C19H26O. The smallest absolute Gasteiger partial charge is 0.193 e. The fourth-order valence-electron chi connectivity index (χ4n) is 1.58. The first-order valence-corrected chi connectivity index (χ1v) is 7.35. The van der Waals surface area contributed by atoms with E-state index in [1.165, 1.54) is 11.1 Å². The maximum Gasteiger partial charge on any atom is 0.193 e. The van der Waals surface area contributed by atoms with Gasteiger partial charge in [0.2, 0.25) is 0 Å². The molecule has 0 fully saturated rings. The van der Waals surface area contributed by atoms with E-state index in [9.17, 15) is 4.79 Å². The molecule has 0 bridgehead atoms. The Bertz CT molecular complexity index is 445. The molecule has 0 unspecified atom stereocenters. The highest BCUT2D eigenvalue weighted by molar-refractivity contribution is 6.08. The van der Waals surface area contributed by atoms with Gasteiger partial charge in [0.1, 0.15) is 0 Å². The summed E-state index contributed by atoms with van der Waals surface area (Å²) in [7, 11) is 0. The Kier molecular flexibility index (Phi) is 9.02. The molecule has 2 rings (SSSR count). The van der Waals surface area contributed by atoms with Crippen molar-refractivity contribution in [3.8, 4) is 0 Å². The molecule has 0 amide bonds. The zero-order valence-corrected chi connectivity index (χ0v) is 13.5. The molecule has 0 N–H and O–H groups in total. The van der Waals surface area contributed by atoms with Crippen molar-refractivity contribution in [1.82, 2.24) is 0 Å². The van der Waals surface area contributed by atoms with Crippen LogP contribution in [0.2, 0.25) is 0 Å². The zero-order valence-electron chi connectivity index (χ0n) is 13.5. The van der Waals surface area contributed by atoms with Crippen LogP contribution in [0.1, 0.15) is 54.7 Å². The van der Waals surface area contributed by atoms with Crippen LogP contribution in [0, 0.1) is 13.8 Å². The highest BCUT2D eigenvalue weighted by Gasteiger charge is 2.07. The molecule has 0 saturated heterocycles. The molecule has 0 heterocycles. The van der Waals surface area contributed by atoms with E-state index in [0.29, 0.717) is 0 Å². The van der Waals surface area contributed by atoms with Gasteiger partial charge < -0.3 is 0 Å². The fourth-order valence-corrected chi connectivity index (χ4v) is 1.58. The third kappa shape index (κ3) is 5.40. The molecule has 2 aromatic carbocycles. The molecule has 0 aliphatic rings. The molecule has 0 saturated carbocycles. The van der Waals surface area contributed by atoms with Crippen molar-refractivity contribution >= 4 is 5.78 Å². The Labute approximate surface area is 123 Å². The maximum atomic E-state index is 12.1. The van der Waals surface area contributed by atoms with Crippen molar-refractivity contribution in [2.24, 2.45) is 0 Å². The lowest BCUT2D eigenvalue weighted by atomic mass is 10.0.